The summed E-state index contributed by atoms with van der Waals surface area (Å²) in [6, 6.07) is 38.8. The molecule has 4 unspecified atom stereocenters. The van der Waals surface area contributed by atoms with E-state index in [2.05, 4.69) is 14.5 Å². The molecule has 4 aromatic carbocycles. The minimum atomic E-state index is -3.54. The largest absolute Gasteiger partial charge is 0.458 e. The molecule has 124 heavy (non-hydrogen) atoms. The monoisotopic (exact) mass is 1890 g/mol. The quantitative estimate of drug-likeness (QED) is 0.0170. The average molecular weight is 1890 g/mol. The number of carbonyl (C=O) groups is 9. The number of benzene rings is 4. The van der Waals surface area contributed by atoms with Crippen molar-refractivity contribution in [2.75, 3.05) is 181 Å². The Morgan fingerprint density at radius 2 is 0.645 bits per heavy atom. The molecule has 0 bridgehead atoms. The number of rotatable bonds is 23. The molecule has 8 saturated heterocycles. The van der Waals surface area contributed by atoms with Crippen LogP contribution in [0.25, 0.3) is 0 Å². The first kappa shape index (κ1) is 106. The number of esters is 3. The van der Waals surface area contributed by atoms with Gasteiger partial charge in [-0.25, -0.2) is 14.4 Å². The summed E-state index contributed by atoms with van der Waals surface area (Å²) in [5.74, 6) is 3.04. The van der Waals surface area contributed by atoms with E-state index in [4.69, 9.17) is 9.47 Å². The van der Waals surface area contributed by atoms with Crippen LogP contribution in [0, 0.1) is 5.92 Å². The van der Waals surface area contributed by atoms with Crippen molar-refractivity contribution in [2.45, 2.75) is 179 Å². The second-order valence-electron chi connectivity index (χ2n) is 32.4. The molecular weight excluding hydrogens is 1760 g/mol. The van der Waals surface area contributed by atoms with Gasteiger partial charge in [-0.05, 0) is 133 Å². The minimum Gasteiger partial charge on any atom is -0.458 e. The lowest BCUT2D eigenvalue weighted by molar-refractivity contribution is -0.180. The first-order valence-corrected chi connectivity index (χ1v) is 55.2. The van der Waals surface area contributed by atoms with Gasteiger partial charge in [-0.15, -0.1) is 0 Å². The van der Waals surface area contributed by atoms with E-state index < -0.39 is 60.0 Å². The van der Waals surface area contributed by atoms with E-state index in [1.807, 2.05) is 145 Å². The smallest absolute Gasteiger partial charge is 0.377 e. The lowest BCUT2D eigenvalue weighted by Gasteiger charge is -2.41. The van der Waals surface area contributed by atoms with Gasteiger partial charge in [-0.3, -0.25) is 33.7 Å². The van der Waals surface area contributed by atoms with Crippen molar-refractivity contribution in [1.29, 1.82) is 0 Å². The van der Waals surface area contributed by atoms with Gasteiger partial charge in [0.05, 0.1) is 0 Å². The Morgan fingerprint density at radius 1 is 0.347 bits per heavy atom. The third kappa shape index (κ3) is 41.4. The van der Waals surface area contributed by atoms with Gasteiger partial charge in [0.15, 0.2) is 29.6 Å². The van der Waals surface area contributed by atoms with Crippen LogP contribution in [-0.2, 0) is 81.8 Å². The molecule has 4 aromatic rings. The molecule has 2 saturated carbocycles. The molecule has 10 fully saturated rings. The van der Waals surface area contributed by atoms with Gasteiger partial charge < -0.3 is 28.9 Å². The van der Waals surface area contributed by atoms with Crippen LogP contribution >= 0.6 is 47.0 Å². The summed E-state index contributed by atoms with van der Waals surface area (Å²) in [6.45, 7) is 8.64. The van der Waals surface area contributed by atoms with Gasteiger partial charge in [-0.2, -0.15) is 82.2 Å². The predicted molar refractivity (Wildman–Crippen MR) is 500 cm³/mol. The molecule has 2 amide bonds. The molecule has 0 N–H and O–H groups in total. The maximum atomic E-state index is 13.1. The number of alkyl halides is 8. The van der Waals surface area contributed by atoms with E-state index in [0.717, 1.165) is 175 Å². The number of ketones is 4. The van der Waals surface area contributed by atoms with E-state index in [-0.39, 0.29) is 24.2 Å². The first-order chi connectivity index (χ1) is 59.3. The van der Waals surface area contributed by atoms with Crippen molar-refractivity contribution in [3.63, 3.8) is 0 Å². The lowest BCUT2D eigenvalue weighted by atomic mass is 9.91. The summed E-state index contributed by atoms with van der Waals surface area (Å²) in [7, 11) is 1.57. The van der Waals surface area contributed by atoms with Crippen LogP contribution in [0.3, 0.4) is 0 Å². The van der Waals surface area contributed by atoms with Gasteiger partial charge in [0.1, 0.15) is 58.2 Å². The maximum Gasteiger partial charge on any atom is 0.377 e. The van der Waals surface area contributed by atoms with Crippen molar-refractivity contribution in [3.8, 4) is 0 Å². The van der Waals surface area contributed by atoms with Crippen LogP contribution in [0.4, 0.5) is 35.1 Å². The Hall–Kier alpha value is -4.93. The summed E-state index contributed by atoms with van der Waals surface area (Å²) in [6.07, 6.45) is 18.4. The van der Waals surface area contributed by atoms with Crippen molar-refractivity contribution < 1.29 is 92.5 Å². The lowest BCUT2D eigenvalue weighted by Crippen LogP contribution is -2.51. The fourth-order valence-electron chi connectivity index (χ4n) is 15.1. The van der Waals surface area contributed by atoms with Gasteiger partial charge in [0, 0.05) is 167 Å². The predicted octanol–water partition coefficient (Wildman–Crippen LogP) is 16.8. The first-order valence-electron chi connectivity index (χ1n) is 43.7. The number of carbonyl (C=O) groups excluding carboxylic acids is 9. The van der Waals surface area contributed by atoms with Crippen molar-refractivity contribution in [3.05, 3.63) is 144 Å². The van der Waals surface area contributed by atoms with E-state index in [9.17, 15) is 78.3 Å². The molecular formula is C92H130F8N4O12S8+4. The molecule has 16 nitrogen and oxygen atoms in total. The number of Topliss-reactive ketones (excluding diaryl/α,β-unsaturated/α-hetero) is 4. The summed E-state index contributed by atoms with van der Waals surface area (Å²) in [5, 5.41) is 0. The van der Waals surface area contributed by atoms with Crippen LogP contribution in [0.5, 0.6) is 0 Å². The molecule has 0 radical (unpaired) electrons. The number of amides is 2. The highest BCUT2D eigenvalue weighted by atomic mass is 32.2. The van der Waals surface area contributed by atoms with E-state index in [0.29, 0.717) is 127 Å². The Bertz CT molecular complexity index is 3520. The summed E-state index contributed by atoms with van der Waals surface area (Å²) >= 11 is 7.28. The van der Waals surface area contributed by atoms with Crippen LogP contribution in [0.2, 0.25) is 0 Å². The normalized spacial score (nSPS) is 21.3. The Balaban J connectivity index is 0.000000196. The Kier molecular flexibility index (Phi) is 49.0. The standard InChI is InChI=1S/C15H25F2NO2S.C13H21F2NO2S.4C12H15OS.C9H13F2NO3S.C7H11F2NOS/c1-15(16,17)14(19)20-13-6-4-2-3-5-12(13)11-18-7-9-21-10-8-18;1-13(14,15)12(17)18-11-5-3-2-4-10(11)16-6-8-19-9-7-16;4*13-12(10-14-8-4-5-9-14)11-6-2-1-3-7-11;1-9(10,11)8(14)15-6-7(13)12-2-4-16-5-3-12;1-7(8,9)6(11)10-2-4-12-5-3-10/h12-13H,2-11H2,1H3;10-11H,2-9H2,1H3;4*1-3,6-7H,4-5,8-10H2;2-6H2,1H3;2-5H2,1H3/q;;4*+1;;. The molecule has 0 spiro atoms. The molecule has 690 valence electrons. The van der Waals surface area contributed by atoms with Crippen LogP contribution in [0.15, 0.2) is 121 Å². The maximum absolute atomic E-state index is 13.1. The van der Waals surface area contributed by atoms with E-state index >= 15 is 0 Å². The molecule has 32 heteroatoms. The highest BCUT2D eigenvalue weighted by Gasteiger charge is 2.43. The van der Waals surface area contributed by atoms with Crippen LogP contribution in [-0.4, -0.2) is 295 Å². The highest BCUT2D eigenvalue weighted by Crippen LogP contribution is 2.33. The van der Waals surface area contributed by atoms with Crippen LogP contribution in [0.1, 0.15) is 178 Å². The third-order valence-electron chi connectivity index (χ3n) is 22.0. The zero-order chi connectivity index (χ0) is 89.8. The van der Waals surface area contributed by atoms with Gasteiger partial charge in [0.2, 0.25) is 23.1 Å². The van der Waals surface area contributed by atoms with Crippen molar-refractivity contribution >= 4 is 143 Å². The Morgan fingerprint density at radius 3 is 0.992 bits per heavy atom. The molecule has 14 rings (SSSR count). The highest BCUT2D eigenvalue weighted by molar-refractivity contribution is 8.00. The zero-order valence-electron chi connectivity index (χ0n) is 72.6. The number of hydrogen-bond donors (Lipinski definition) is 0. The molecule has 4 atom stereocenters. The Labute approximate surface area is 758 Å². The number of nitrogens with zero attached hydrogens (tertiary/aromatic N) is 4. The van der Waals surface area contributed by atoms with Gasteiger partial charge >= 0.3 is 41.6 Å². The topological polar surface area (TPSA) is 194 Å². The number of hydrogen-bond acceptors (Lipinski definition) is 18. The average Bonchev–Trinajstić information content (AvgIpc) is 0.849. The third-order valence-corrected chi connectivity index (χ3v) is 35.4. The summed E-state index contributed by atoms with van der Waals surface area (Å²) in [5.41, 5.74) is 3.53. The fraction of sp³-hybridized carbons (Fsp3) is 0.641. The summed E-state index contributed by atoms with van der Waals surface area (Å²) < 4.78 is 116. The second kappa shape index (κ2) is 57.3. The molecule has 10 aliphatic rings. The van der Waals surface area contributed by atoms with Gasteiger partial charge in [0.25, 0.3) is 11.8 Å². The number of halogens is 8. The molecule has 0 aromatic heterocycles. The van der Waals surface area contributed by atoms with Crippen molar-refractivity contribution in [2.24, 2.45) is 5.92 Å². The summed E-state index contributed by atoms with van der Waals surface area (Å²) in [4.78, 5) is 111. The zero-order valence-corrected chi connectivity index (χ0v) is 79.1. The number of ether oxygens (including phenoxy) is 3. The van der Waals surface area contributed by atoms with E-state index in [1.54, 1.807) is 23.5 Å². The fourth-order valence-corrected chi connectivity index (χ4v) is 27.8. The molecule has 8 heterocycles. The second-order valence-corrected chi connectivity index (χ2v) is 46.6. The van der Waals surface area contributed by atoms with Crippen LogP contribution < -0.4 is 0 Å². The molecule has 8 aliphatic heterocycles. The van der Waals surface area contributed by atoms with Gasteiger partial charge in [-0.1, -0.05) is 141 Å². The van der Waals surface area contributed by atoms with Crippen molar-refractivity contribution in [1.82, 2.24) is 19.6 Å². The SMILES string of the molecule is CC(F)(F)C(=O)N1CCSCC1.CC(F)(F)C(=O)OC1CCCCC1N1CCSCC1.CC(F)(F)C(=O)OC1CCCCCC1CN1CCSCC1.CC(F)(F)C(=O)OCC(=O)N1CCSCC1.O=C(C[S+]1CCCC1)c1ccccc1.O=C(C[S+]1CCCC1)c1ccccc1.O=C(C[S+]1CCCC1)c1ccccc1.O=C(C[S+]1CCCC1)c1ccccc1. The minimum absolute atomic E-state index is 0.126. The van der Waals surface area contributed by atoms with E-state index in [1.165, 1.54) is 107 Å². The molecule has 2 aliphatic carbocycles. The number of thioether (sulfide) groups is 4.